The van der Waals surface area contributed by atoms with Gasteiger partial charge in [0.05, 0.1) is 11.3 Å². The topological polar surface area (TPSA) is 80.2 Å². The van der Waals surface area contributed by atoms with Crippen molar-refractivity contribution in [3.63, 3.8) is 0 Å². The van der Waals surface area contributed by atoms with Crippen molar-refractivity contribution in [3.05, 3.63) is 83.3 Å². The lowest BCUT2D eigenvalue weighted by Crippen LogP contribution is -2.45. The van der Waals surface area contributed by atoms with E-state index >= 15 is 0 Å². The number of para-hydroxylation sites is 1. The van der Waals surface area contributed by atoms with Crippen LogP contribution in [0.15, 0.2) is 61.1 Å². The Hall–Kier alpha value is -4.12. The van der Waals surface area contributed by atoms with Crippen LogP contribution in [0, 0.1) is 18.3 Å². The third-order valence-corrected chi connectivity index (χ3v) is 6.98. The Kier molecular flexibility index (Phi) is 7.50. The van der Waals surface area contributed by atoms with Gasteiger partial charge in [-0.25, -0.2) is 0 Å². The van der Waals surface area contributed by atoms with Crippen molar-refractivity contribution in [2.75, 3.05) is 51.7 Å². The van der Waals surface area contributed by atoms with Crippen LogP contribution in [0.25, 0.3) is 23.1 Å². The SMILES string of the molecule is Cc1c(Nc2c(C#N)cncc2C=Cc2ccccc2OCCN2CCN(C)CC2)ccc2[nH]ccc12. The highest BCUT2D eigenvalue weighted by Crippen LogP contribution is 2.31. The van der Waals surface area contributed by atoms with Crippen LogP contribution in [0.4, 0.5) is 11.4 Å². The molecular weight excluding hydrogens is 460 g/mol. The molecule has 0 amide bonds. The normalized spacial score (nSPS) is 14.7. The van der Waals surface area contributed by atoms with Gasteiger partial charge in [-0.1, -0.05) is 30.4 Å². The van der Waals surface area contributed by atoms with Crippen LogP contribution in [-0.2, 0) is 0 Å². The number of fused-ring (bicyclic) bond motifs is 1. The van der Waals surface area contributed by atoms with Gasteiger partial charge in [0.1, 0.15) is 18.4 Å². The lowest BCUT2D eigenvalue weighted by Gasteiger charge is -2.32. The number of ether oxygens (including phenoxy) is 1. The molecule has 4 aromatic rings. The minimum Gasteiger partial charge on any atom is -0.492 e. The number of nitriles is 1. The number of rotatable bonds is 8. The molecule has 0 unspecified atom stereocenters. The molecule has 2 aromatic heterocycles. The second kappa shape index (κ2) is 11.3. The van der Waals surface area contributed by atoms with E-state index in [1.54, 1.807) is 12.4 Å². The minimum atomic E-state index is 0.493. The molecule has 1 saturated heterocycles. The zero-order valence-electron chi connectivity index (χ0n) is 21.4. The number of hydrogen-bond donors (Lipinski definition) is 2. The van der Waals surface area contributed by atoms with Gasteiger partial charge in [0, 0.05) is 79.0 Å². The van der Waals surface area contributed by atoms with E-state index in [2.05, 4.69) is 51.2 Å². The summed E-state index contributed by atoms with van der Waals surface area (Å²) in [7, 11) is 2.17. The molecule has 7 heteroatoms. The van der Waals surface area contributed by atoms with E-state index in [0.29, 0.717) is 12.2 Å². The van der Waals surface area contributed by atoms with E-state index in [1.165, 1.54) is 0 Å². The van der Waals surface area contributed by atoms with Gasteiger partial charge < -0.3 is 19.9 Å². The molecule has 37 heavy (non-hydrogen) atoms. The van der Waals surface area contributed by atoms with Crippen LogP contribution in [0.3, 0.4) is 0 Å². The Balaban J connectivity index is 1.35. The molecule has 2 N–H and O–H groups in total. The van der Waals surface area contributed by atoms with Gasteiger partial charge in [-0.05, 0) is 43.8 Å². The van der Waals surface area contributed by atoms with Crippen LogP contribution >= 0.6 is 0 Å². The van der Waals surface area contributed by atoms with Gasteiger partial charge in [0.25, 0.3) is 0 Å². The number of anilines is 2. The quantitative estimate of drug-likeness (QED) is 0.348. The summed E-state index contributed by atoms with van der Waals surface area (Å²) >= 11 is 0. The van der Waals surface area contributed by atoms with E-state index < -0.39 is 0 Å². The Bertz CT molecular complexity index is 1440. The van der Waals surface area contributed by atoms with Crippen LogP contribution in [-0.4, -0.2) is 66.1 Å². The van der Waals surface area contributed by atoms with Crippen molar-refractivity contribution >= 4 is 34.4 Å². The predicted molar refractivity (Wildman–Crippen MR) is 150 cm³/mol. The number of aromatic amines is 1. The van der Waals surface area contributed by atoms with E-state index in [9.17, 15) is 5.26 Å². The van der Waals surface area contributed by atoms with Crippen molar-refractivity contribution in [2.45, 2.75) is 6.92 Å². The highest BCUT2D eigenvalue weighted by molar-refractivity contribution is 5.90. The molecule has 0 spiro atoms. The largest absolute Gasteiger partial charge is 0.492 e. The van der Waals surface area contributed by atoms with Gasteiger partial charge >= 0.3 is 0 Å². The van der Waals surface area contributed by atoms with Crippen molar-refractivity contribution in [1.29, 1.82) is 5.26 Å². The standard InChI is InChI=1S/C30H32N6O/c1-22-26-11-12-33-28(26)10-9-27(22)34-30-24(20-32-21-25(30)19-31)8-7-23-5-3-4-6-29(23)37-18-17-36-15-13-35(2)14-16-36/h3-12,20-21,33H,13-18H2,1-2H3,(H,32,34). The lowest BCUT2D eigenvalue weighted by molar-refractivity contribution is 0.133. The maximum atomic E-state index is 9.79. The number of likely N-dealkylation sites (N-methyl/N-ethyl adjacent to an activating group) is 1. The Labute approximate surface area is 218 Å². The molecule has 3 heterocycles. The number of aryl methyl sites for hydroxylation is 1. The first kappa shape index (κ1) is 24.6. The van der Waals surface area contributed by atoms with Crippen molar-refractivity contribution < 1.29 is 4.74 Å². The van der Waals surface area contributed by atoms with E-state index in [0.717, 1.165) is 77.4 Å². The molecule has 2 aromatic carbocycles. The van der Waals surface area contributed by atoms with Crippen LogP contribution < -0.4 is 10.1 Å². The van der Waals surface area contributed by atoms with E-state index in [4.69, 9.17) is 4.74 Å². The summed E-state index contributed by atoms with van der Waals surface area (Å²) in [6, 6.07) is 16.5. The fraction of sp³-hybridized carbons (Fsp3) is 0.267. The first-order valence-corrected chi connectivity index (χ1v) is 12.6. The third kappa shape index (κ3) is 5.67. The molecular formula is C30H32N6O. The summed E-state index contributed by atoms with van der Waals surface area (Å²) in [6.45, 7) is 8.00. The number of nitrogens with zero attached hydrogens (tertiary/aromatic N) is 4. The number of piperazine rings is 1. The van der Waals surface area contributed by atoms with Crippen molar-refractivity contribution in [3.8, 4) is 11.8 Å². The van der Waals surface area contributed by atoms with Crippen LogP contribution in [0.1, 0.15) is 22.3 Å². The second-order valence-corrected chi connectivity index (χ2v) is 9.43. The predicted octanol–water partition coefficient (Wildman–Crippen LogP) is 5.28. The highest BCUT2D eigenvalue weighted by atomic mass is 16.5. The molecule has 1 aliphatic heterocycles. The molecule has 1 fully saturated rings. The molecule has 7 nitrogen and oxygen atoms in total. The Morgan fingerprint density at radius 3 is 2.70 bits per heavy atom. The van der Waals surface area contributed by atoms with E-state index in [-0.39, 0.29) is 0 Å². The molecule has 1 aliphatic rings. The summed E-state index contributed by atoms with van der Waals surface area (Å²) in [4.78, 5) is 12.4. The van der Waals surface area contributed by atoms with Gasteiger partial charge in [0.2, 0.25) is 0 Å². The third-order valence-electron chi connectivity index (χ3n) is 6.98. The summed E-state index contributed by atoms with van der Waals surface area (Å²) in [6.07, 6.45) is 9.33. The monoisotopic (exact) mass is 492 g/mol. The zero-order chi connectivity index (χ0) is 25.6. The van der Waals surface area contributed by atoms with Gasteiger partial charge in [-0.2, -0.15) is 5.26 Å². The summed E-state index contributed by atoms with van der Waals surface area (Å²) in [5.74, 6) is 0.848. The van der Waals surface area contributed by atoms with Crippen molar-refractivity contribution in [1.82, 2.24) is 19.8 Å². The molecule has 0 aliphatic carbocycles. The maximum absolute atomic E-state index is 9.79. The number of H-pyrrole nitrogens is 1. The smallest absolute Gasteiger partial charge is 0.126 e. The first-order chi connectivity index (χ1) is 18.1. The minimum absolute atomic E-state index is 0.493. The number of benzene rings is 2. The van der Waals surface area contributed by atoms with Gasteiger partial charge in [-0.3, -0.25) is 9.88 Å². The van der Waals surface area contributed by atoms with Gasteiger partial charge in [0.15, 0.2) is 0 Å². The molecule has 0 bridgehead atoms. The highest BCUT2D eigenvalue weighted by Gasteiger charge is 2.14. The zero-order valence-corrected chi connectivity index (χ0v) is 21.4. The number of hydrogen-bond acceptors (Lipinski definition) is 6. The molecule has 0 radical (unpaired) electrons. The van der Waals surface area contributed by atoms with Crippen molar-refractivity contribution in [2.24, 2.45) is 0 Å². The molecule has 0 saturated carbocycles. The fourth-order valence-electron chi connectivity index (χ4n) is 4.67. The Morgan fingerprint density at radius 1 is 1.05 bits per heavy atom. The average molecular weight is 493 g/mol. The first-order valence-electron chi connectivity index (χ1n) is 12.6. The number of pyridine rings is 1. The van der Waals surface area contributed by atoms with E-state index in [1.807, 2.05) is 54.7 Å². The van der Waals surface area contributed by atoms with Crippen LogP contribution in [0.2, 0.25) is 0 Å². The number of aromatic nitrogens is 2. The Morgan fingerprint density at radius 2 is 1.86 bits per heavy atom. The fourth-order valence-corrected chi connectivity index (χ4v) is 4.67. The molecule has 5 rings (SSSR count). The second-order valence-electron chi connectivity index (χ2n) is 9.43. The lowest BCUT2D eigenvalue weighted by atomic mass is 10.1. The average Bonchev–Trinajstić information content (AvgIpc) is 3.41. The summed E-state index contributed by atoms with van der Waals surface area (Å²) in [5, 5.41) is 14.4. The van der Waals surface area contributed by atoms with Gasteiger partial charge in [-0.15, -0.1) is 0 Å². The molecule has 0 atom stereocenters. The summed E-state index contributed by atoms with van der Waals surface area (Å²) < 4.78 is 6.18. The number of nitrogens with one attached hydrogen (secondary N) is 2. The maximum Gasteiger partial charge on any atom is 0.126 e. The summed E-state index contributed by atoms with van der Waals surface area (Å²) in [5.41, 5.74) is 6.21. The molecule has 188 valence electrons. The van der Waals surface area contributed by atoms with Crippen LogP contribution in [0.5, 0.6) is 5.75 Å².